The quantitative estimate of drug-likeness (QED) is 0.618. The van der Waals surface area contributed by atoms with Crippen molar-refractivity contribution in [2.45, 2.75) is 30.4 Å². The van der Waals surface area contributed by atoms with Crippen LogP contribution in [0.1, 0.15) is 17.3 Å². The number of thioether (sulfide) groups is 1. The smallest absolute Gasteiger partial charge is 0.308 e. The summed E-state index contributed by atoms with van der Waals surface area (Å²) in [4.78, 5) is 5.25. The first-order valence-corrected chi connectivity index (χ1v) is 8.43. The van der Waals surface area contributed by atoms with Gasteiger partial charge in [-0.05, 0) is 17.9 Å². The second kappa shape index (κ2) is 7.01. The normalized spacial score (nSPS) is 11.4. The fourth-order valence-electron chi connectivity index (χ4n) is 1.96. The lowest BCUT2D eigenvalue weighted by Gasteiger charge is -2.07. The highest BCUT2D eigenvalue weighted by atomic mass is 32.2. The van der Waals surface area contributed by atoms with Gasteiger partial charge in [-0.1, -0.05) is 17.8 Å². The van der Waals surface area contributed by atoms with E-state index in [2.05, 4.69) is 21.2 Å². The fraction of sp³-hybridized carbons (Fsp3) is 0.308. The van der Waals surface area contributed by atoms with Gasteiger partial charge in [-0.3, -0.25) is 4.57 Å². The van der Waals surface area contributed by atoms with Crippen molar-refractivity contribution in [1.29, 1.82) is 0 Å². The maximum Gasteiger partial charge on any atom is 0.319 e. The van der Waals surface area contributed by atoms with Gasteiger partial charge >= 0.3 is 6.55 Å². The van der Waals surface area contributed by atoms with Crippen molar-refractivity contribution in [3.63, 3.8) is 0 Å². The fourth-order valence-corrected chi connectivity index (χ4v) is 3.55. The van der Waals surface area contributed by atoms with Crippen molar-refractivity contribution in [2.24, 2.45) is 0 Å². The largest absolute Gasteiger partial charge is 0.319 e. The molecule has 9 heteroatoms. The van der Waals surface area contributed by atoms with Crippen LogP contribution in [0.15, 0.2) is 41.4 Å². The first kappa shape index (κ1) is 15.2. The Bertz CT molecular complexity index is 708. The zero-order valence-electron chi connectivity index (χ0n) is 11.5. The predicted molar refractivity (Wildman–Crippen MR) is 81.1 cm³/mol. The monoisotopic (exact) mass is 341 g/mol. The van der Waals surface area contributed by atoms with Crippen molar-refractivity contribution >= 4 is 23.1 Å². The van der Waals surface area contributed by atoms with Crippen LogP contribution in [0.4, 0.5) is 8.78 Å². The number of alkyl halides is 2. The third kappa shape index (κ3) is 3.53. The molecule has 0 aromatic carbocycles. The molecule has 0 spiro atoms. The molecular weight excluding hydrogens is 328 g/mol. The minimum atomic E-state index is -2.57. The molecular formula is C13H13F2N5S2. The molecule has 0 saturated heterocycles. The number of nitrogens with zero attached hydrogens (tertiary/aromatic N) is 5. The van der Waals surface area contributed by atoms with Gasteiger partial charge in [0.15, 0.2) is 5.16 Å². The highest BCUT2D eigenvalue weighted by molar-refractivity contribution is 7.98. The lowest BCUT2D eigenvalue weighted by Crippen LogP contribution is -2.04. The lowest BCUT2D eigenvalue weighted by atomic mass is 10.3. The number of halogens is 2. The molecule has 0 saturated carbocycles. The minimum Gasteiger partial charge on any atom is -0.308 e. The summed E-state index contributed by atoms with van der Waals surface area (Å²) in [7, 11) is 0. The molecule has 0 amide bonds. The van der Waals surface area contributed by atoms with Crippen molar-refractivity contribution in [1.82, 2.24) is 24.3 Å². The number of thiophene rings is 1. The number of aromatic nitrogens is 5. The Balaban J connectivity index is 1.61. The second-order valence-corrected chi connectivity index (χ2v) is 6.43. The molecule has 0 unspecified atom stereocenters. The first-order chi connectivity index (χ1) is 10.7. The molecule has 0 aliphatic heterocycles. The van der Waals surface area contributed by atoms with Crippen LogP contribution in [0.5, 0.6) is 0 Å². The van der Waals surface area contributed by atoms with Crippen LogP contribution in [0, 0.1) is 0 Å². The molecule has 116 valence electrons. The van der Waals surface area contributed by atoms with Crippen LogP contribution in [0.2, 0.25) is 0 Å². The molecule has 0 aliphatic carbocycles. The van der Waals surface area contributed by atoms with Crippen LogP contribution >= 0.6 is 23.1 Å². The summed E-state index contributed by atoms with van der Waals surface area (Å²) in [6.45, 7) is -1.81. The molecule has 0 fully saturated rings. The molecule has 0 atom stereocenters. The Morgan fingerprint density at radius 3 is 3.05 bits per heavy atom. The topological polar surface area (TPSA) is 48.5 Å². The molecule has 3 heterocycles. The van der Waals surface area contributed by atoms with Crippen molar-refractivity contribution in [3.8, 4) is 0 Å². The van der Waals surface area contributed by atoms with E-state index in [1.165, 1.54) is 29.0 Å². The van der Waals surface area contributed by atoms with Crippen LogP contribution < -0.4 is 0 Å². The number of rotatable bonds is 7. The molecule has 0 radical (unpaired) electrons. The lowest BCUT2D eigenvalue weighted by molar-refractivity contribution is 0.0678. The Hall–Kier alpha value is -1.74. The Labute approximate surface area is 134 Å². The molecule has 22 heavy (non-hydrogen) atoms. The van der Waals surface area contributed by atoms with Gasteiger partial charge in [-0.2, -0.15) is 8.78 Å². The summed E-state index contributed by atoms with van der Waals surface area (Å²) in [5, 5.41) is 10.7. The SMILES string of the molecule is FC(F)n1ccnc1CSc1nncn1CCc1cccs1. The van der Waals surface area contributed by atoms with Gasteiger partial charge in [0.25, 0.3) is 0 Å². The van der Waals surface area contributed by atoms with E-state index in [4.69, 9.17) is 0 Å². The third-order valence-corrected chi connectivity index (χ3v) is 4.96. The average Bonchev–Trinajstić information content (AvgIpc) is 3.23. The van der Waals surface area contributed by atoms with Gasteiger partial charge in [-0.25, -0.2) is 4.98 Å². The molecule has 0 bridgehead atoms. The van der Waals surface area contributed by atoms with Crippen LogP contribution in [0.3, 0.4) is 0 Å². The van der Waals surface area contributed by atoms with Crippen LogP contribution in [-0.2, 0) is 18.7 Å². The van der Waals surface area contributed by atoms with Crippen LogP contribution in [0.25, 0.3) is 0 Å². The summed E-state index contributed by atoms with van der Waals surface area (Å²) in [5.74, 6) is 0.655. The number of aryl methyl sites for hydroxylation is 2. The first-order valence-electron chi connectivity index (χ1n) is 6.57. The standard InChI is InChI=1S/C13H13F2N5S2/c14-12(15)20-6-4-16-11(20)8-22-13-18-17-9-19(13)5-3-10-2-1-7-21-10/h1-2,4,6-7,9,12H,3,5,8H2. The summed E-state index contributed by atoms with van der Waals surface area (Å²) in [5.41, 5.74) is 0. The Morgan fingerprint density at radius 1 is 1.36 bits per heavy atom. The summed E-state index contributed by atoms with van der Waals surface area (Å²) in [6.07, 6.45) is 5.22. The molecule has 3 aromatic heterocycles. The van der Waals surface area contributed by atoms with E-state index in [9.17, 15) is 8.78 Å². The average molecular weight is 341 g/mol. The second-order valence-electron chi connectivity index (χ2n) is 4.45. The summed E-state index contributed by atoms with van der Waals surface area (Å²) < 4.78 is 28.3. The zero-order chi connectivity index (χ0) is 15.4. The third-order valence-electron chi connectivity index (χ3n) is 3.05. The predicted octanol–water partition coefficient (Wildman–Crippen LogP) is 3.47. The maximum atomic E-state index is 12.8. The molecule has 5 nitrogen and oxygen atoms in total. The van der Waals surface area contributed by atoms with Gasteiger partial charge < -0.3 is 4.57 Å². The molecule has 3 aromatic rings. The number of hydrogen-bond donors (Lipinski definition) is 0. The Kier molecular flexibility index (Phi) is 4.84. The van der Waals surface area contributed by atoms with E-state index in [1.54, 1.807) is 17.7 Å². The Morgan fingerprint density at radius 2 is 2.27 bits per heavy atom. The number of hydrogen-bond acceptors (Lipinski definition) is 5. The van der Waals surface area contributed by atoms with Gasteiger partial charge in [-0.15, -0.1) is 21.5 Å². The van der Waals surface area contributed by atoms with Crippen molar-refractivity contribution in [3.05, 3.63) is 46.9 Å². The van der Waals surface area contributed by atoms with E-state index < -0.39 is 6.55 Å². The van der Waals surface area contributed by atoms with E-state index in [-0.39, 0.29) is 0 Å². The highest BCUT2D eigenvalue weighted by Gasteiger charge is 2.13. The van der Waals surface area contributed by atoms with E-state index in [1.807, 2.05) is 16.0 Å². The van der Waals surface area contributed by atoms with Gasteiger partial charge in [0.2, 0.25) is 0 Å². The van der Waals surface area contributed by atoms with Gasteiger partial charge in [0, 0.05) is 23.8 Å². The molecule has 3 rings (SSSR count). The van der Waals surface area contributed by atoms with Gasteiger partial charge in [0.05, 0.1) is 5.75 Å². The molecule has 0 aliphatic rings. The van der Waals surface area contributed by atoms with Gasteiger partial charge in [0.1, 0.15) is 12.2 Å². The van der Waals surface area contributed by atoms with Crippen molar-refractivity contribution < 1.29 is 8.78 Å². The van der Waals surface area contributed by atoms with Crippen molar-refractivity contribution in [2.75, 3.05) is 0 Å². The van der Waals surface area contributed by atoms with E-state index in [0.29, 0.717) is 16.7 Å². The van der Waals surface area contributed by atoms with E-state index in [0.717, 1.165) is 17.5 Å². The highest BCUT2D eigenvalue weighted by Crippen LogP contribution is 2.23. The molecule has 0 N–H and O–H groups in total. The summed E-state index contributed by atoms with van der Waals surface area (Å²) in [6, 6.07) is 4.10. The minimum absolute atomic E-state index is 0.327. The zero-order valence-corrected chi connectivity index (χ0v) is 13.1. The maximum absolute atomic E-state index is 12.8. The van der Waals surface area contributed by atoms with Crippen LogP contribution in [-0.4, -0.2) is 24.3 Å². The van der Waals surface area contributed by atoms with E-state index >= 15 is 0 Å². The number of imidazole rings is 1. The summed E-state index contributed by atoms with van der Waals surface area (Å²) >= 11 is 3.07.